The highest BCUT2D eigenvalue weighted by atomic mass is 16.3. The van der Waals surface area contributed by atoms with E-state index < -0.39 is 0 Å². The maximum atomic E-state index is 11.6. The fourth-order valence-corrected chi connectivity index (χ4v) is 5.57. The van der Waals surface area contributed by atoms with Gasteiger partial charge in [-0.3, -0.25) is 9.97 Å². The highest BCUT2D eigenvalue weighted by Gasteiger charge is 2.27. The highest BCUT2D eigenvalue weighted by Crippen LogP contribution is 2.43. The summed E-state index contributed by atoms with van der Waals surface area (Å²) >= 11 is 0. The Balaban J connectivity index is 1.45. The van der Waals surface area contributed by atoms with Crippen LogP contribution in [-0.2, 0) is 17.9 Å². The summed E-state index contributed by atoms with van der Waals surface area (Å²) < 4.78 is 2.06. The molecule has 0 aliphatic carbocycles. The lowest BCUT2D eigenvalue weighted by Gasteiger charge is -2.27. The lowest BCUT2D eigenvalue weighted by Crippen LogP contribution is -2.17. The first-order chi connectivity index (χ1) is 20.4. The molecular formula is C38H38N4O. The number of aromatic nitrogens is 4. The molecule has 3 aromatic carbocycles. The second kappa shape index (κ2) is 10.5. The molecular weight excluding hydrogens is 528 g/mol. The smallest absolute Gasteiger partial charge is 0.144 e. The van der Waals surface area contributed by atoms with E-state index in [2.05, 4.69) is 101 Å². The van der Waals surface area contributed by atoms with Gasteiger partial charge in [0.1, 0.15) is 17.1 Å². The van der Waals surface area contributed by atoms with E-state index in [1.807, 2.05) is 49.8 Å². The number of pyridine rings is 2. The summed E-state index contributed by atoms with van der Waals surface area (Å²) in [5, 5.41) is 11.6. The summed E-state index contributed by atoms with van der Waals surface area (Å²) in [6.45, 7) is 13.0. The Bertz CT molecular complexity index is 1940. The monoisotopic (exact) mass is 566 g/mol. The molecule has 216 valence electrons. The molecule has 0 amide bonds. The van der Waals surface area contributed by atoms with Gasteiger partial charge in [-0.1, -0.05) is 102 Å². The van der Waals surface area contributed by atoms with E-state index in [4.69, 9.17) is 15.0 Å². The van der Waals surface area contributed by atoms with Gasteiger partial charge in [-0.2, -0.15) is 0 Å². The van der Waals surface area contributed by atoms with Crippen LogP contribution in [0.15, 0.2) is 97.3 Å². The number of benzene rings is 3. The van der Waals surface area contributed by atoms with E-state index >= 15 is 0 Å². The first kappa shape index (κ1) is 28.4. The lowest BCUT2D eigenvalue weighted by atomic mass is 9.79. The van der Waals surface area contributed by atoms with Crippen molar-refractivity contribution in [2.24, 2.45) is 7.05 Å². The number of rotatable bonds is 4. The fraction of sp³-hybridized carbons (Fsp3) is 0.237. The number of phenolic OH excluding ortho intramolecular Hbond substituents is 1. The number of nitrogens with zero attached hydrogens (tertiary/aromatic N) is 4. The third-order valence-corrected chi connectivity index (χ3v) is 8.13. The largest absolute Gasteiger partial charge is 0.507 e. The van der Waals surface area contributed by atoms with Crippen molar-refractivity contribution in [3.8, 4) is 50.8 Å². The van der Waals surface area contributed by atoms with Crippen LogP contribution in [0, 0.1) is 0 Å². The van der Waals surface area contributed by atoms with E-state index in [1.165, 1.54) is 0 Å². The number of hydrogen-bond donors (Lipinski definition) is 1. The summed E-state index contributed by atoms with van der Waals surface area (Å²) in [6.07, 6.45) is 3.75. The minimum absolute atomic E-state index is 0.0898. The van der Waals surface area contributed by atoms with Crippen LogP contribution in [0.3, 0.4) is 0 Å². The van der Waals surface area contributed by atoms with Crippen LogP contribution < -0.4 is 0 Å². The van der Waals surface area contributed by atoms with Crippen LogP contribution in [0.2, 0.25) is 0 Å². The molecule has 0 saturated carbocycles. The van der Waals surface area contributed by atoms with Crippen molar-refractivity contribution in [2.75, 3.05) is 0 Å². The molecule has 0 aliphatic rings. The minimum Gasteiger partial charge on any atom is -0.507 e. The molecule has 6 rings (SSSR count). The van der Waals surface area contributed by atoms with E-state index in [-0.39, 0.29) is 16.6 Å². The highest BCUT2D eigenvalue weighted by molar-refractivity contribution is 5.93. The first-order valence-electron chi connectivity index (χ1n) is 14.7. The second-order valence-electron chi connectivity index (χ2n) is 13.3. The summed E-state index contributed by atoms with van der Waals surface area (Å²) in [5.74, 6) is 0.994. The van der Waals surface area contributed by atoms with Crippen LogP contribution in [0.4, 0.5) is 0 Å². The van der Waals surface area contributed by atoms with Crippen molar-refractivity contribution in [1.82, 2.24) is 19.5 Å². The number of aryl methyl sites for hydroxylation is 1. The minimum atomic E-state index is -0.231. The van der Waals surface area contributed by atoms with Gasteiger partial charge in [0.15, 0.2) is 0 Å². The molecule has 0 bridgehead atoms. The Morgan fingerprint density at radius 1 is 0.674 bits per heavy atom. The average molecular weight is 567 g/mol. The molecule has 0 aliphatic heterocycles. The molecule has 0 radical (unpaired) electrons. The molecule has 0 spiro atoms. The maximum Gasteiger partial charge on any atom is 0.144 e. The normalized spacial score (nSPS) is 12.2. The molecule has 5 heteroatoms. The first-order valence-corrected chi connectivity index (χ1v) is 14.7. The molecule has 0 unspecified atom stereocenters. The predicted octanol–water partition coefficient (Wildman–Crippen LogP) is 9.33. The van der Waals surface area contributed by atoms with Crippen molar-refractivity contribution in [3.05, 3.63) is 108 Å². The van der Waals surface area contributed by atoms with Crippen LogP contribution >= 0.6 is 0 Å². The van der Waals surface area contributed by atoms with Crippen LogP contribution in [-0.4, -0.2) is 24.6 Å². The summed E-state index contributed by atoms with van der Waals surface area (Å²) in [5.41, 5.74) is 10.1. The zero-order chi connectivity index (χ0) is 30.5. The average Bonchev–Trinajstić information content (AvgIpc) is 3.33. The third kappa shape index (κ3) is 5.32. The predicted molar refractivity (Wildman–Crippen MR) is 177 cm³/mol. The van der Waals surface area contributed by atoms with Gasteiger partial charge >= 0.3 is 0 Å². The van der Waals surface area contributed by atoms with Gasteiger partial charge in [0.2, 0.25) is 0 Å². The number of hydrogen-bond acceptors (Lipinski definition) is 4. The molecule has 3 heterocycles. The Morgan fingerprint density at radius 3 is 2.07 bits per heavy atom. The van der Waals surface area contributed by atoms with Gasteiger partial charge in [-0.25, -0.2) is 4.98 Å². The van der Waals surface area contributed by atoms with E-state index in [9.17, 15) is 5.11 Å². The van der Waals surface area contributed by atoms with Gasteiger partial charge in [0, 0.05) is 41.7 Å². The van der Waals surface area contributed by atoms with E-state index in [1.54, 1.807) is 0 Å². The fourth-order valence-electron chi connectivity index (χ4n) is 5.57. The Labute approximate surface area is 253 Å². The third-order valence-electron chi connectivity index (χ3n) is 8.13. The van der Waals surface area contributed by atoms with Gasteiger partial charge in [0.05, 0.1) is 22.5 Å². The van der Waals surface area contributed by atoms with Gasteiger partial charge in [0.25, 0.3) is 0 Å². The second-order valence-corrected chi connectivity index (χ2v) is 13.3. The van der Waals surface area contributed by atoms with Crippen LogP contribution in [0.1, 0.15) is 52.7 Å². The SMILES string of the molecule is Cn1c(-c2cc(C(C)(C)C)cc(C(C)(C)C)c2O)nc2c(-c3cccc(-c4ccc(-c5ccccc5)cn4)c3)nccc21. The molecule has 5 nitrogen and oxygen atoms in total. The maximum absolute atomic E-state index is 11.6. The zero-order valence-corrected chi connectivity index (χ0v) is 26.0. The zero-order valence-electron chi connectivity index (χ0n) is 26.0. The number of imidazole rings is 1. The van der Waals surface area contributed by atoms with Crippen molar-refractivity contribution in [2.45, 2.75) is 52.4 Å². The summed E-state index contributed by atoms with van der Waals surface area (Å²) in [7, 11) is 2.00. The molecule has 6 aromatic rings. The van der Waals surface area contributed by atoms with Gasteiger partial charge in [-0.05, 0) is 46.2 Å². The molecule has 0 atom stereocenters. The molecule has 43 heavy (non-hydrogen) atoms. The topological polar surface area (TPSA) is 63.8 Å². The van der Waals surface area contributed by atoms with Crippen molar-refractivity contribution in [3.63, 3.8) is 0 Å². The van der Waals surface area contributed by atoms with Crippen LogP contribution in [0.5, 0.6) is 5.75 Å². The number of phenols is 1. The Morgan fingerprint density at radius 2 is 1.40 bits per heavy atom. The van der Waals surface area contributed by atoms with Crippen molar-refractivity contribution >= 4 is 11.0 Å². The summed E-state index contributed by atoms with van der Waals surface area (Å²) in [4.78, 5) is 14.7. The summed E-state index contributed by atoms with van der Waals surface area (Å²) in [6, 6.07) is 29.0. The van der Waals surface area contributed by atoms with E-state index in [0.29, 0.717) is 5.82 Å². The molecule has 0 saturated heterocycles. The Hall–Kier alpha value is -4.77. The van der Waals surface area contributed by atoms with Gasteiger partial charge in [-0.15, -0.1) is 0 Å². The Kier molecular flexibility index (Phi) is 6.92. The lowest BCUT2D eigenvalue weighted by molar-refractivity contribution is 0.446. The standard InChI is InChI=1S/C38H38N4O/c1-37(2,3)28-21-29(35(43)30(22-28)38(4,5)6)36-41-34-32(42(36)7)18-19-39-33(34)26-15-11-14-25(20-26)31-17-16-27(23-40-31)24-12-9-8-10-13-24/h8-23,43H,1-7H3. The number of aromatic hydroxyl groups is 1. The quantitative estimate of drug-likeness (QED) is 0.231. The molecule has 3 aromatic heterocycles. The number of fused-ring (bicyclic) bond motifs is 1. The van der Waals surface area contributed by atoms with Crippen molar-refractivity contribution < 1.29 is 5.11 Å². The molecule has 0 fully saturated rings. The van der Waals surface area contributed by atoms with Crippen molar-refractivity contribution in [1.29, 1.82) is 0 Å². The molecule has 1 N–H and O–H groups in total. The van der Waals surface area contributed by atoms with Gasteiger partial charge < -0.3 is 9.67 Å². The van der Waals surface area contributed by atoms with Crippen LogP contribution in [0.25, 0.3) is 56.1 Å². The van der Waals surface area contributed by atoms with E-state index in [0.717, 1.165) is 61.4 Å².